The summed E-state index contributed by atoms with van der Waals surface area (Å²) in [4.78, 5) is 30.1. The molecule has 0 unspecified atom stereocenters. The van der Waals surface area contributed by atoms with Gasteiger partial charge >= 0.3 is 6.03 Å². The standard InChI is InChI=1S/C19H27N3O3/c1-14-8-10-20(11-9-14)12-17(23)13-21-18(24)15(2)22(19(21)25)16-6-4-3-5-7-16/h3-7,14-15,17,23H,8-13H2,1-2H3/t15-,17-/m1/s1. The van der Waals surface area contributed by atoms with E-state index in [1.165, 1.54) is 9.80 Å². The number of anilines is 1. The highest BCUT2D eigenvalue weighted by atomic mass is 16.3. The number of aliphatic hydroxyl groups excluding tert-OH is 1. The van der Waals surface area contributed by atoms with Gasteiger partial charge in [0.1, 0.15) is 6.04 Å². The minimum atomic E-state index is -0.718. The molecule has 0 radical (unpaired) electrons. The monoisotopic (exact) mass is 345 g/mol. The molecule has 2 aliphatic rings. The average Bonchev–Trinajstić information content (AvgIpc) is 2.81. The molecular formula is C19H27N3O3. The molecule has 25 heavy (non-hydrogen) atoms. The van der Waals surface area contributed by atoms with Crippen LogP contribution in [0.15, 0.2) is 30.3 Å². The summed E-state index contributed by atoms with van der Waals surface area (Å²) < 4.78 is 0. The van der Waals surface area contributed by atoms with Crippen molar-refractivity contribution in [3.63, 3.8) is 0 Å². The Morgan fingerprint density at radius 3 is 2.36 bits per heavy atom. The zero-order chi connectivity index (χ0) is 18.0. The maximum absolute atomic E-state index is 12.7. The average molecular weight is 345 g/mol. The highest BCUT2D eigenvalue weighted by Crippen LogP contribution is 2.25. The quantitative estimate of drug-likeness (QED) is 0.829. The minimum Gasteiger partial charge on any atom is -0.390 e. The topological polar surface area (TPSA) is 64.1 Å². The number of urea groups is 1. The lowest BCUT2D eigenvalue weighted by Crippen LogP contribution is -2.45. The Kier molecular flexibility index (Phi) is 5.39. The number of carbonyl (C=O) groups is 2. The van der Waals surface area contributed by atoms with E-state index in [0.717, 1.165) is 31.8 Å². The van der Waals surface area contributed by atoms with Crippen LogP contribution in [0.3, 0.4) is 0 Å². The first-order chi connectivity index (χ1) is 12.0. The Morgan fingerprint density at radius 2 is 1.72 bits per heavy atom. The number of benzene rings is 1. The minimum absolute atomic E-state index is 0.0530. The largest absolute Gasteiger partial charge is 0.390 e. The Hall–Kier alpha value is -1.92. The lowest BCUT2D eigenvalue weighted by Gasteiger charge is -2.32. The number of aliphatic hydroxyl groups is 1. The van der Waals surface area contributed by atoms with Gasteiger partial charge in [0, 0.05) is 12.2 Å². The maximum atomic E-state index is 12.7. The van der Waals surface area contributed by atoms with Crippen molar-refractivity contribution in [3.8, 4) is 0 Å². The Morgan fingerprint density at radius 1 is 1.08 bits per heavy atom. The van der Waals surface area contributed by atoms with Crippen molar-refractivity contribution in [1.29, 1.82) is 0 Å². The van der Waals surface area contributed by atoms with Gasteiger partial charge in [-0.1, -0.05) is 25.1 Å². The number of nitrogens with zero attached hydrogens (tertiary/aromatic N) is 3. The molecule has 0 aromatic heterocycles. The molecule has 1 aromatic rings. The first kappa shape index (κ1) is 17.9. The van der Waals surface area contributed by atoms with Gasteiger partial charge in [0.15, 0.2) is 0 Å². The second-order valence-electron chi connectivity index (χ2n) is 7.25. The fraction of sp³-hybridized carbons (Fsp3) is 0.579. The summed E-state index contributed by atoms with van der Waals surface area (Å²) in [7, 11) is 0. The molecule has 3 amide bonds. The SMILES string of the molecule is CC1CCN(C[C@@H](O)CN2C(=O)[C@@H](C)N(c3ccccc3)C2=O)CC1. The molecule has 2 fully saturated rings. The molecule has 0 spiro atoms. The molecule has 0 bridgehead atoms. The molecule has 3 rings (SSSR count). The third kappa shape index (κ3) is 3.85. The van der Waals surface area contributed by atoms with Crippen LogP contribution in [0.1, 0.15) is 26.7 Å². The molecule has 6 nitrogen and oxygen atoms in total. The zero-order valence-electron chi connectivity index (χ0n) is 15.0. The van der Waals surface area contributed by atoms with E-state index >= 15 is 0 Å². The maximum Gasteiger partial charge on any atom is 0.332 e. The van der Waals surface area contributed by atoms with Gasteiger partial charge < -0.3 is 10.0 Å². The highest BCUT2D eigenvalue weighted by molar-refractivity contribution is 6.14. The summed E-state index contributed by atoms with van der Waals surface area (Å²) in [6.45, 7) is 6.46. The number of imide groups is 1. The van der Waals surface area contributed by atoms with E-state index in [4.69, 9.17) is 0 Å². The molecule has 2 atom stereocenters. The first-order valence-electron chi connectivity index (χ1n) is 9.07. The van der Waals surface area contributed by atoms with Gasteiger partial charge in [-0.2, -0.15) is 0 Å². The van der Waals surface area contributed by atoms with Crippen LogP contribution in [-0.2, 0) is 4.79 Å². The number of rotatable bonds is 5. The summed E-state index contributed by atoms with van der Waals surface area (Å²) in [6, 6.07) is 8.29. The first-order valence-corrected chi connectivity index (χ1v) is 9.07. The van der Waals surface area contributed by atoms with E-state index in [0.29, 0.717) is 12.2 Å². The fourth-order valence-corrected chi connectivity index (χ4v) is 3.63. The Bertz CT molecular complexity index is 614. The molecule has 2 saturated heterocycles. The van der Waals surface area contributed by atoms with Gasteiger partial charge in [-0.05, 0) is 50.9 Å². The van der Waals surface area contributed by atoms with Crippen molar-refractivity contribution < 1.29 is 14.7 Å². The number of β-amino-alcohol motifs (C(OH)–C–C–N with tert-alkyl or cyclic N) is 1. The number of piperidine rings is 1. The molecular weight excluding hydrogens is 318 g/mol. The summed E-state index contributed by atoms with van der Waals surface area (Å²) >= 11 is 0. The van der Waals surface area contributed by atoms with Crippen molar-refractivity contribution in [3.05, 3.63) is 30.3 Å². The Labute approximate surface area is 149 Å². The normalized spacial score (nSPS) is 24.2. The van der Waals surface area contributed by atoms with E-state index in [-0.39, 0.29) is 18.5 Å². The molecule has 6 heteroatoms. The van der Waals surface area contributed by atoms with E-state index in [1.807, 2.05) is 30.3 Å². The van der Waals surface area contributed by atoms with Gasteiger partial charge in [-0.3, -0.25) is 14.6 Å². The van der Waals surface area contributed by atoms with Gasteiger partial charge in [-0.25, -0.2) is 4.79 Å². The van der Waals surface area contributed by atoms with Crippen LogP contribution in [0.4, 0.5) is 10.5 Å². The summed E-state index contributed by atoms with van der Waals surface area (Å²) in [6.07, 6.45) is 1.55. The predicted octanol–water partition coefficient (Wildman–Crippen LogP) is 1.94. The van der Waals surface area contributed by atoms with Crippen LogP contribution in [0.2, 0.25) is 0 Å². The molecule has 2 heterocycles. The number of amides is 3. The molecule has 0 saturated carbocycles. The van der Waals surface area contributed by atoms with Crippen LogP contribution in [0.5, 0.6) is 0 Å². The second-order valence-corrected chi connectivity index (χ2v) is 7.25. The van der Waals surface area contributed by atoms with E-state index in [2.05, 4.69) is 11.8 Å². The number of hydrogen-bond donors (Lipinski definition) is 1. The lowest BCUT2D eigenvalue weighted by molar-refractivity contribution is -0.128. The lowest BCUT2D eigenvalue weighted by atomic mass is 9.99. The van der Waals surface area contributed by atoms with Crippen molar-refractivity contribution in [2.45, 2.75) is 38.8 Å². The van der Waals surface area contributed by atoms with Crippen LogP contribution in [0.25, 0.3) is 0 Å². The summed E-state index contributed by atoms with van der Waals surface area (Å²) in [5.74, 6) is 0.482. The van der Waals surface area contributed by atoms with Crippen LogP contribution in [-0.4, -0.2) is 65.2 Å². The summed E-state index contributed by atoms with van der Waals surface area (Å²) in [5, 5.41) is 10.4. The molecule has 136 valence electrons. The van der Waals surface area contributed by atoms with Crippen molar-refractivity contribution >= 4 is 17.6 Å². The second kappa shape index (κ2) is 7.54. The van der Waals surface area contributed by atoms with Gasteiger partial charge in [-0.15, -0.1) is 0 Å². The van der Waals surface area contributed by atoms with Gasteiger partial charge in [0.05, 0.1) is 12.6 Å². The van der Waals surface area contributed by atoms with Crippen molar-refractivity contribution in [1.82, 2.24) is 9.80 Å². The summed E-state index contributed by atoms with van der Waals surface area (Å²) in [5.41, 5.74) is 0.704. The number of hydrogen-bond acceptors (Lipinski definition) is 4. The van der Waals surface area contributed by atoms with Crippen LogP contribution >= 0.6 is 0 Å². The van der Waals surface area contributed by atoms with Crippen LogP contribution in [0, 0.1) is 5.92 Å². The number of carbonyl (C=O) groups excluding carboxylic acids is 2. The van der Waals surface area contributed by atoms with Crippen LogP contribution < -0.4 is 4.90 Å². The van der Waals surface area contributed by atoms with Gasteiger partial charge in [0.2, 0.25) is 0 Å². The van der Waals surface area contributed by atoms with E-state index in [9.17, 15) is 14.7 Å². The van der Waals surface area contributed by atoms with Crippen molar-refractivity contribution in [2.75, 3.05) is 31.1 Å². The predicted molar refractivity (Wildman–Crippen MR) is 96.3 cm³/mol. The fourth-order valence-electron chi connectivity index (χ4n) is 3.63. The molecule has 0 aliphatic carbocycles. The number of para-hydroxylation sites is 1. The smallest absolute Gasteiger partial charge is 0.332 e. The van der Waals surface area contributed by atoms with Gasteiger partial charge in [0.25, 0.3) is 5.91 Å². The zero-order valence-corrected chi connectivity index (χ0v) is 15.0. The molecule has 1 aromatic carbocycles. The molecule has 2 aliphatic heterocycles. The third-order valence-electron chi connectivity index (χ3n) is 5.22. The Balaban J connectivity index is 1.62. The van der Waals surface area contributed by atoms with E-state index < -0.39 is 12.1 Å². The molecule has 1 N–H and O–H groups in total. The van der Waals surface area contributed by atoms with Crippen molar-refractivity contribution in [2.24, 2.45) is 5.92 Å². The van der Waals surface area contributed by atoms with E-state index in [1.54, 1.807) is 6.92 Å². The number of likely N-dealkylation sites (tertiary alicyclic amines) is 1. The highest BCUT2D eigenvalue weighted by Gasteiger charge is 2.43. The third-order valence-corrected chi connectivity index (χ3v) is 5.22.